The van der Waals surface area contributed by atoms with Crippen LogP contribution in [0, 0.1) is 12.8 Å². The van der Waals surface area contributed by atoms with Gasteiger partial charge in [-0.25, -0.2) is 4.98 Å². The standard InChI is InChI=1S/C22H24ClN5O/c1-13-11-28-12-16(10-18(23)21(28)24-13)15-3-4-19-17(9-15)22(29)26-20(25-19)14-5-7-27(2)8-6-14/h3-4,9-12,14,20,26,29H,5-8H2,1-2H3. The molecular weight excluding hydrogens is 386 g/mol. The van der Waals surface area contributed by atoms with Crippen molar-refractivity contribution in [1.29, 1.82) is 0 Å². The van der Waals surface area contributed by atoms with Crippen molar-refractivity contribution in [1.82, 2.24) is 19.6 Å². The lowest BCUT2D eigenvalue weighted by Crippen LogP contribution is -2.48. The third-order valence-corrected chi connectivity index (χ3v) is 6.26. The predicted molar refractivity (Wildman–Crippen MR) is 114 cm³/mol. The fourth-order valence-corrected chi connectivity index (χ4v) is 4.58. The Morgan fingerprint density at radius 1 is 1.14 bits per heavy atom. The van der Waals surface area contributed by atoms with E-state index in [1.165, 1.54) is 0 Å². The van der Waals surface area contributed by atoms with Gasteiger partial charge in [-0.05, 0) is 69.2 Å². The van der Waals surface area contributed by atoms with Crippen LogP contribution in [-0.4, -0.2) is 45.7 Å². The fourth-order valence-electron chi connectivity index (χ4n) is 4.32. The molecule has 1 saturated heterocycles. The van der Waals surface area contributed by atoms with Crippen LogP contribution in [0.15, 0.2) is 41.7 Å². The molecule has 0 radical (unpaired) electrons. The number of benzene rings is 1. The number of nitrogens with zero attached hydrogens (tertiary/aromatic N) is 4. The van der Waals surface area contributed by atoms with Crippen molar-refractivity contribution in [2.24, 2.45) is 10.9 Å². The van der Waals surface area contributed by atoms with Gasteiger partial charge in [-0.3, -0.25) is 4.99 Å². The number of aliphatic hydroxyl groups excluding tert-OH is 1. The predicted octanol–water partition coefficient (Wildman–Crippen LogP) is 2.48. The third kappa shape index (κ3) is 3.36. The number of nitrogens with one attached hydrogen (secondary N) is 1. The Kier molecular flexibility index (Phi) is 4.48. The molecule has 2 N–H and O–H groups in total. The summed E-state index contributed by atoms with van der Waals surface area (Å²) in [6, 6.07) is 7.90. The molecule has 0 spiro atoms. The summed E-state index contributed by atoms with van der Waals surface area (Å²) in [5, 5.41) is 16.1. The van der Waals surface area contributed by atoms with Gasteiger partial charge in [-0.1, -0.05) is 17.7 Å². The number of hydrogen-bond acceptors (Lipinski definition) is 5. The number of hydrogen-bond donors (Lipinski definition) is 2. The van der Waals surface area contributed by atoms with Crippen LogP contribution in [0.3, 0.4) is 0 Å². The van der Waals surface area contributed by atoms with Gasteiger partial charge in [-0.2, -0.15) is 0 Å². The lowest BCUT2D eigenvalue weighted by molar-refractivity contribution is 0.186. The number of imidazole rings is 1. The maximum absolute atomic E-state index is 10.7. The van der Waals surface area contributed by atoms with Crippen LogP contribution in [0.5, 0.6) is 0 Å². The summed E-state index contributed by atoms with van der Waals surface area (Å²) in [5.74, 6) is 0.637. The van der Waals surface area contributed by atoms with E-state index in [-0.39, 0.29) is 12.0 Å². The molecule has 150 valence electrons. The van der Waals surface area contributed by atoms with Crippen molar-refractivity contribution in [3.8, 4) is 11.1 Å². The Morgan fingerprint density at radius 3 is 2.72 bits per heavy atom. The molecule has 1 fully saturated rings. The monoisotopic (exact) mass is 409 g/mol. The van der Waals surface area contributed by atoms with E-state index >= 15 is 0 Å². The van der Waals surface area contributed by atoms with Crippen LogP contribution < -0.4 is 15.9 Å². The van der Waals surface area contributed by atoms with E-state index in [9.17, 15) is 5.11 Å². The largest absolute Gasteiger partial charge is 0.494 e. The van der Waals surface area contributed by atoms with Gasteiger partial charge in [0, 0.05) is 18.3 Å². The number of piperidine rings is 1. The van der Waals surface area contributed by atoms with Gasteiger partial charge in [0.1, 0.15) is 6.17 Å². The van der Waals surface area contributed by atoms with Gasteiger partial charge in [0.25, 0.3) is 0 Å². The van der Waals surface area contributed by atoms with Gasteiger partial charge in [0.2, 0.25) is 0 Å². The Labute approximate surface area is 174 Å². The zero-order chi connectivity index (χ0) is 20.1. The molecule has 2 aliphatic heterocycles. The van der Waals surface area contributed by atoms with Crippen LogP contribution in [0.4, 0.5) is 0 Å². The van der Waals surface area contributed by atoms with E-state index in [0.29, 0.717) is 10.9 Å². The minimum absolute atomic E-state index is 0.0678. The Morgan fingerprint density at radius 2 is 1.93 bits per heavy atom. The second kappa shape index (κ2) is 7.04. The maximum atomic E-state index is 10.7. The molecule has 29 heavy (non-hydrogen) atoms. The van der Waals surface area contributed by atoms with Crippen LogP contribution in [-0.2, 0) is 0 Å². The van der Waals surface area contributed by atoms with E-state index < -0.39 is 0 Å². The van der Waals surface area contributed by atoms with Crippen molar-refractivity contribution < 1.29 is 5.11 Å². The molecule has 5 rings (SSSR count). The summed E-state index contributed by atoms with van der Waals surface area (Å²) >= 11 is 6.44. The molecule has 1 unspecified atom stereocenters. The molecule has 0 aliphatic carbocycles. The number of halogens is 1. The molecule has 1 aromatic carbocycles. The summed E-state index contributed by atoms with van der Waals surface area (Å²) < 4.78 is 1.94. The molecule has 1 atom stereocenters. The summed E-state index contributed by atoms with van der Waals surface area (Å²) in [6.45, 7) is 4.09. The van der Waals surface area contributed by atoms with E-state index in [0.717, 1.165) is 59.0 Å². The van der Waals surface area contributed by atoms with Gasteiger partial charge in [-0.15, -0.1) is 0 Å². The summed E-state index contributed by atoms with van der Waals surface area (Å²) in [6.07, 6.45) is 6.06. The molecule has 6 nitrogen and oxygen atoms in total. The number of likely N-dealkylation sites (tertiary alicyclic amines) is 1. The third-order valence-electron chi connectivity index (χ3n) is 5.98. The molecular formula is C22H24ClN5O. The number of aliphatic hydroxyl groups is 1. The first kappa shape index (κ1) is 18.5. The van der Waals surface area contributed by atoms with Gasteiger partial charge in [0.05, 0.1) is 21.3 Å². The second-order valence-electron chi connectivity index (χ2n) is 8.13. The quantitative estimate of drug-likeness (QED) is 0.682. The SMILES string of the molecule is Cc1cn2cc(-c3ccc4c(c3)=C(O)NC(C3CCN(C)CC3)N=4)cc(Cl)c2n1. The Hall–Kier alpha value is -2.57. The normalized spacial score (nSPS) is 20.4. The van der Waals surface area contributed by atoms with E-state index in [2.05, 4.69) is 22.2 Å². The maximum Gasteiger partial charge on any atom is 0.195 e. The highest BCUT2D eigenvalue weighted by Gasteiger charge is 2.27. The topological polar surface area (TPSA) is 65.2 Å². The van der Waals surface area contributed by atoms with Crippen molar-refractivity contribution in [3.63, 3.8) is 0 Å². The lowest BCUT2D eigenvalue weighted by Gasteiger charge is -2.33. The van der Waals surface area contributed by atoms with Gasteiger partial charge in [0.15, 0.2) is 11.5 Å². The molecule has 0 saturated carbocycles. The number of aromatic nitrogens is 2. The summed E-state index contributed by atoms with van der Waals surface area (Å²) in [7, 11) is 2.15. The highest BCUT2D eigenvalue weighted by molar-refractivity contribution is 6.33. The average molecular weight is 410 g/mol. The Bertz CT molecular complexity index is 1210. The average Bonchev–Trinajstić information content (AvgIpc) is 3.09. The molecule has 2 aliphatic rings. The zero-order valence-electron chi connectivity index (χ0n) is 16.6. The first-order valence-electron chi connectivity index (χ1n) is 9.99. The van der Waals surface area contributed by atoms with Gasteiger partial charge < -0.3 is 19.7 Å². The minimum Gasteiger partial charge on any atom is -0.494 e. The number of aryl methyl sites for hydroxylation is 1. The van der Waals surface area contributed by atoms with Gasteiger partial charge >= 0.3 is 0 Å². The smallest absolute Gasteiger partial charge is 0.195 e. The molecule has 0 bridgehead atoms. The first-order valence-corrected chi connectivity index (χ1v) is 10.4. The van der Waals surface area contributed by atoms with Crippen molar-refractivity contribution in [3.05, 3.63) is 58.0 Å². The van der Waals surface area contributed by atoms with Crippen LogP contribution in [0.1, 0.15) is 18.5 Å². The molecule has 4 heterocycles. The van der Waals surface area contributed by atoms with Crippen LogP contribution >= 0.6 is 11.6 Å². The Balaban J connectivity index is 1.53. The van der Waals surface area contributed by atoms with Crippen molar-refractivity contribution in [2.45, 2.75) is 25.9 Å². The first-order chi connectivity index (χ1) is 14.0. The fraction of sp³-hybridized carbons (Fsp3) is 0.364. The summed E-state index contributed by atoms with van der Waals surface area (Å²) in [5.41, 5.74) is 3.61. The van der Waals surface area contributed by atoms with Crippen molar-refractivity contribution in [2.75, 3.05) is 20.1 Å². The molecule has 3 aromatic rings. The van der Waals surface area contributed by atoms with Crippen molar-refractivity contribution >= 4 is 23.1 Å². The lowest BCUT2D eigenvalue weighted by atomic mass is 9.93. The van der Waals surface area contributed by atoms with E-state index in [4.69, 9.17) is 16.6 Å². The highest BCUT2D eigenvalue weighted by Crippen LogP contribution is 2.26. The second-order valence-corrected chi connectivity index (χ2v) is 8.54. The van der Waals surface area contributed by atoms with E-state index in [1.807, 2.05) is 48.0 Å². The molecule has 0 amide bonds. The van der Waals surface area contributed by atoms with Crippen LogP contribution in [0.25, 0.3) is 22.7 Å². The zero-order valence-corrected chi connectivity index (χ0v) is 17.3. The molecule has 2 aromatic heterocycles. The van der Waals surface area contributed by atoms with E-state index in [1.54, 1.807) is 0 Å². The minimum atomic E-state index is -0.0678. The van der Waals surface area contributed by atoms with Crippen LogP contribution in [0.2, 0.25) is 5.02 Å². The summed E-state index contributed by atoms with van der Waals surface area (Å²) in [4.78, 5) is 11.7. The molecule has 7 heteroatoms. The number of rotatable bonds is 2. The number of pyridine rings is 1. The number of fused-ring (bicyclic) bond motifs is 2. The highest BCUT2D eigenvalue weighted by atomic mass is 35.5.